The van der Waals surface area contributed by atoms with Crippen LogP contribution in [0.2, 0.25) is 0 Å². The van der Waals surface area contributed by atoms with Crippen LogP contribution < -0.4 is 15.0 Å². The van der Waals surface area contributed by atoms with E-state index in [0.717, 1.165) is 31.7 Å². The molecule has 29 heavy (non-hydrogen) atoms. The van der Waals surface area contributed by atoms with Gasteiger partial charge in [-0.05, 0) is 69.7 Å². The Morgan fingerprint density at radius 3 is 2.24 bits per heavy atom. The lowest BCUT2D eigenvalue weighted by Gasteiger charge is -2.20. The summed E-state index contributed by atoms with van der Waals surface area (Å²) >= 11 is 0. The summed E-state index contributed by atoms with van der Waals surface area (Å²) in [5.74, 6) is 1.40. The molecular weight excluding hydrogens is 360 g/mol. The lowest BCUT2D eigenvalue weighted by atomic mass is 9.89. The van der Waals surface area contributed by atoms with Crippen LogP contribution in [-0.4, -0.2) is 38.2 Å². The molecule has 0 fully saturated rings. The van der Waals surface area contributed by atoms with E-state index in [2.05, 4.69) is 67.7 Å². The van der Waals surface area contributed by atoms with Crippen molar-refractivity contribution in [3.8, 4) is 5.75 Å². The number of nitrogens with one attached hydrogen (secondary N) is 2. The molecule has 0 heterocycles. The molecule has 4 heteroatoms. The maximum atomic E-state index is 12.2. The van der Waals surface area contributed by atoms with Gasteiger partial charge in [0.1, 0.15) is 5.75 Å². The molecule has 2 aromatic rings. The summed E-state index contributed by atoms with van der Waals surface area (Å²) in [5.41, 5.74) is 2.60. The Labute approximate surface area is 176 Å². The second-order valence-electron chi connectivity index (χ2n) is 7.89. The minimum Gasteiger partial charge on any atom is -0.491 e. The summed E-state index contributed by atoms with van der Waals surface area (Å²) in [6, 6.07) is 19.0. The molecule has 0 unspecified atom stereocenters. The van der Waals surface area contributed by atoms with Gasteiger partial charge in [-0.15, -0.1) is 0 Å². The summed E-state index contributed by atoms with van der Waals surface area (Å²) in [6.07, 6.45) is 2.05. The third-order valence-electron chi connectivity index (χ3n) is 5.27. The minimum absolute atomic E-state index is 0.142. The summed E-state index contributed by atoms with van der Waals surface area (Å²) in [4.78, 5) is 13.6. The van der Waals surface area contributed by atoms with Crippen molar-refractivity contribution >= 4 is 5.91 Å². The van der Waals surface area contributed by atoms with Crippen LogP contribution in [0.1, 0.15) is 51.2 Å². The van der Waals surface area contributed by atoms with Crippen molar-refractivity contribution in [1.82, 2.24) is 5.32 Å². The standard InChI is InChI=1S/C25H36N2O2/c1-5-27(6-2)19-25(28)26-17-16-23(18-21-10-8-7-9-11-21)22-12-14-24(15-13-22)29-20(3)4/h7-15,20,23H,5-6,16-19H2,1-4H3,(H,26,28)/p+1/t23-/m1/s1. The van der Waals surface area contributed by atoms with E-state index < -0.39 is 0 Å². The van der Waals surface area contributed by atoms with E-state index in [1.54, 1.807) is 0 Å². The first-order valence-corrected chi connectivity index (χ1v) is 10.9. The van der Waals surface area contributed by atoms with Crippen LogP contribution in [0, 0.1) is 0 Å². The SMILES string of the molecule is CC[NH+](CC)CC(=O)NCC[C@H](Cc1ccccc1)c1ccc(OC(C)C)cc1. The van der Waals surface area contributed by atoms with Crippen molar-refractivity contribution in [2.75, 3.05) is 26.2 Å². The Hall–Kier alpha value is -2.33. The zero-order chi connectivity index (χ0) is 21.1. The molecule has 2 aromatic carbocycles. The van der Waals surface area contributed by atoms with Gasteiger partial charge in [-0.2, -0.15) is 0 Å². The molecule has 2 N–H and O–H groups in total. The van der Waals surface area contributed by atoms with Crippen LogP contribution in [0.25, 0.3) is 0 Å². The van der Waals surface area contributed by atoms with Gasteiger partial charge in [-0.1, -0.05) is 42.5 Å². The Bertz CT molecular complexity index is 709. The molecule has 0 saturated heterocycles. The third-order valence-corrected chi connectivity index (χ3v) is 5.27. The molecule has 1 amide bonds. The smallest absolute Gasteiger partial charge is 0.275 e. The maximum Gasteiger partial charge on any atom is 0.275 e. The lowest BCUT2D eigenvalue weighted by molar-refractivity contribution is -0.888. The van der Waals surface area contributed by atoms with Crippen LogP contribution in [-0.2, 0) is 11.2 Å². The van der Waals surface area contributed by atoms with Gasteiger partial charge in [0.25, 0.3) is 5.91 Å². The predicted octanol–water partition coefficient (Wildman–Crippen LogP) is 3.23. The van der Waals surface area contributed by atoms with Crippen molar-refractivity contribution in [3.63, 3.8) is 0 Å². The number of rotatable bonds is 12. The molecule has 0 aliphatic rings. The second-order valence-corrected chi connectivity index (χ2v) is 7.89. The van der Waals surface area contributed by atoms with E-state index in [9.17, 15) is 4.79 Å². The average molecular weight is 398 g/mol. The number of ether oxygens (including phenoxy) is 1. The van der Waals surface area contributed by atoms with Crippen molar-refractivity contribution in [2.24, 2.45) is 0 Å². The van der Waals surface area contributed by atoms with Crippen LogP contribution in [0.5, 0.6) is 5.75 Å². The number of likely N-dealkylation sites (N-methyl/N-ethyl adjacent to an activating group) is 1. The number of carbonyl (C=O) groups is 1. The first kappa shape index (κ1) is 23.0. The molecule has 0 bridgehead atoms. The summed E-state index contributed by atoms with van der Waals surface area (Å²) in [7, 11) is 0. The Kier molecular flexibility index (Phi) is 9.72. The number of amides is 1. The van der Waals surface area contributed by atoms with E-state index in [0.29, 0.717) is 19.0 Å². The Morgan fingerprint density at radius 2 is 1.66 bits per heavy atom. The highest BCUT2D eigenvalue weighted by Crippen LogP contribution is 2.26. The third kappa shape index (κ3) is 8.28. The maximum absolute atomic E-state index is 12.2. The quantitative estimate of drug-likeness (QED) is 0.577. The number of carbonyl (C=O) groups excluding carboxylic acids is 1. The number of quaternary nitrogens is 1. The Morgan fingerprint density at radius 1 is 1.00 bits per heavy atom. The van der Waals surface area contributed by atoms with Gasteiger partial charge in [0.05, 0.1) is 19.2 Å². The number of hydrogen-bond acceptors (Lipinski definition) is 2. The van der Waals surface area contributed by atoms with Gasteiger partial charge >= 0.3 is 0 Å². The molecule has 0 aliphatic carbocycles. The minimum atomic E-state index is 0.142. The summed E-state index contributed by atoms with van der Waals surface area (Å²) in [5, 5.41) is 3.12. The summed E-state index contributed by atoms with van der Waals surface area (Å²) < 4.78 is 5.78. The highest BCUT2D eigenvalue weighted by Gasteiger charge is 2.15. The molecule has 4 nitrogen and oxygen atoms in total. The van der Waals surface area contributed by atoms with E-state index in [1.807, 2.05) is 19.9 Å². The molecular formula is C25H37N2O2+. The fourth-order valence-corrected chi connectivity index (χ4v) is 3.55. The van der Waals surface area contributed by atoms with Crippen LogP contribution >= 0.6 is 0 Å². The van der Waals surface area contributed by atoms with Gasteiger partial charge in [-0.25, -0.2) is 0 Å². The lowest BCUT2D eigenvalue weighted by Crippen LogP contribution is -3.12. The number of hydrogen-bond donors (Lipinski definition) is 2. The van der Waals surface area contributed by atoms with Crippen LogP contribution in [0.15, 0.2) is 54.6 Å². The topological polar surface area (TPSA) is 42.8 Å². The van der Waals surface area contributed by atoms with Gasteiger partial charge in [0.2, 0.25) is 0 Å². The molecule has 0 aliphatic heterocycles. The largest absolute Gasteiger partial charge is 0.491 e. The first-order chi connectivity index (χ1) is 14.0. The Balaban J connectivity index is 2.00. The average Bonchev–Trinajstić information content (AvgIpc) is 2.72. The fraction of sp³-hybridized carbons (Fsp3) is 0.480. The van der Waals surface area contributed by atoms with Gasteiger partial charge in [-0.3, -0.25) is 4.79 Å². The monoisotopic (exact) mass is 397 g/mol. The normalized spacial score (nSPS) is 12.2. The molecule has 0 radical (unpaired) electrons. The van der Waals surface area contributed by atoms with Crippen molar-refractivity contribution in [2.45, 2.75) is 52.6 Å². The van der Waals surface area contributed by atoms with Crippen LogP contribution in [0.3, 0.4) is 0 Å². The van der Waals surface area contributed by atoms with E-state index in [-0.39, 0.29) is 12.0 Å². The van der Waals surface area contributed by atoms with E-state index in [1.165, 1.54) is 16.0 Å². The van der Waals surface area contributed by atoms with Crippen molar-refractivity contribution < 1.29 is 14.4 Å². The highest BCUT2D eigenvalue weighted by atomic mass is 16.5. The first-order valence-electron chi connectivity index (χ1n) is 10.9. The van der Waals surface area contributed by atoms with Gasteiger partial charge in [0, 0.05) is 6.54 Å². The van der Waals surface area contributed by atoms with Gasteiger partial charge in [0.15, 0.2) is 6.54 Å². The fourth-order valence-electron chi connectivity index (χ4n) is 3.55. The number of benzene rings is 2. The molecule has 0 spiro atoms. The van der Waals surface area contributed by atoms with E-state index in [4.69, 9.17) is 4.74 Å². The van der Waals surface area contributed by atoms with Crippen LogP contribution in [0.4, 0.5) is 0 Å². The predicted molar refractivity (Wildman–Crippen MR) is 120 cm³/mol. The molecule has 2 rings (SSSR count). The highest BCUT2D eigenvalue weighted by molar-refractivity contribution is 5.76. The molecule has 158 valence electrons. The van der Waals surface area contributed by atoms with E-state index >= 15 is 0 Å². The van der Waals surface area contributed by atoms with Crippen molar-refractivity contribution in [3.05, 3.63) is 65.7 Å². The molecule has 0 aromatic heterocycles. The molecule has 0 saturated carbocycles. The summed E-state index contributed by atoms with van der Waals surface area (Å²) in [6.45, 7) is 11.5. The van der Waals surface area contributed by atoms with Crippen molar-refractivity contribution in [1.29, 1.82) is 0 Å². The zero-order valence-electron chi connectivity index (χ0n) is 18.4. The second kappa shape index (κ2) is 12.3. The molecule has 1 atom stereocenters. The van der Waals surface area contributed by atoms with Gasteiger partial charge < -0.3 is 15.0 Å². The zero-order valence-corrected chi connectivity index (χ0v) is 18.4.